The highest BCUT2D eigenvalue weighted by Crippen LogP contribution is 2.36. The van der Waals surface area contributed by atoms with E-state index < -0.39 is 0 Å². The molecule has 19 heavy (non-hydrogen) atoms. The van der Waals surface area contributed by atoms with Crippen LogP contribution in [0.2, 0.25) is 0 Å². The van der Waals surface area contributed by atoms with Gasteiger partial charge in [-0.05, 0) is 43.1 Å². The van der Waals surface area contributed by atoms with Gasteiger partial charge in [0.1, 0.15) is 0 Å². The van der Waals surface area contributed by atoms with Crippen LogP contribution in [-0.4, -0.2) is 5.78 Å². The van der Waals surface area contributed by atoms with Gasteiger partial charge in [0.15, 0.2) is 5.78 Å². The predicted octanol–water partition coefficient (Wildman–Crippen LogP) is 4.89. The fraction of sp³-hybridized carbons (Fsp3) is 0.500. The largest absolute Gasteiger partial charge is 0.289 e. The molecule has 1 aliphatic rings. The van der Waals surface area contributed by atoms with Crippen LogP contribution in [0.5, 0.6) is 0 Å². The molecule has 0 unspecified atom stereocenters. The Labute approximate surface area is 116 Å². The van der Waals surface area contributed by atoms with E-state index >= 15 is 0 Å². The molecule has 102 valence electrons. The Balaban J connectivity index is 2.14. The van der Waals surface area contributed by atoms with Gasteiger partial charge in [-0.25, -0.2) is 0 Å². The highest BCUT2D eigenvalue weighted by Gasteiger charge is 2.25. The lowest BCUT2D eigenvalue weighted by molar-refractivity contribution is 0.104. The molecule has 1 aliphatic carbocycles. The van der Waals surface area contributed by atoms with Crippen molar-refractivity contribution in [2.24, 2.45) is 17.8 Å². The van der Waals surface area contributed by atoms with Gasteiger partial charge in [0, 0.05) is 5.56 Å². The molecule has 0 amide bonds. The average molecular weight is 256 g/mol. The molecule has 0 saturated heterocycles. The van der Waals surface area contributed by atoms with Crippen LogP contribution in [0.4, 0.5) is 0 Å². The molecule has 0 spiro atoms. The maximum absolute atomic E-state index is 12.3. The lowest BCUT2D eigenvalue weighted by Gasteiger charge is -2.31. The highest BCUT2D eigenvalue weighted by molar-refractivity contribution is 6.04. The maximum Gasteiger partial charge on any atom is 0.185 e. The van der Waals surface area contributed by atoms with Crippen molar-refractivity contribution in [1.82, 2.24) is 0 Å². The molecule has 0 N–H and O–H groups in total. The van der Waals surface area contributed by atoms with E-state index in [1.54, 1.807) is 0 Å². The fourth-order valence-electron chi connectivity index (χ4n) is 2.88. The van der Waals surface area contributed by atoms with Gasteiger partial charge in [-0.2, -0.15) is 0 Å². The summed E-state index contributed by atoms with van der Waals surface area (Å²) in [6, 6.07) is 9.58. The summed E-state index contributed by atoms with van der Waals surface area (Å²) < 4.78 is 0. The van der Waals surface area contributed by atoms with Gasteiger partial charge in [0.05, 0.1) is 0 Å². The number of carbonyl (C=O) groups excluding carboxylic acids is 1. The van der Waals surface area contributed by atoms with Crippen LogP contribution in [0.25, 0.3) is 0 Å². The van der Waals surface area contributed by atoms with Crippen LogP contribution >= 0.6 is 0 Å². The first-order chi connectivity index (χ1) is 9.08. The molecule has 1 saturated carbocycles. The molecular weight excluding hydrogens is 232 g/mol. The molecule has 2 atom stereocenters. The second-order valence-corrected chi connectivity index (χ2v) is 6.14. The Hall–Kier alpha value is -1.37. The minimum Gasteiger partial charge on any atom is -0.289 e. The Bertz CT molecular complexity index is 456. The third-order valence-corrected chi connectivity index (χ3v) is 4.42. The van der Waals surface area contributed by atoms with E-state index in [9.17, 15) is 4.79 Å². The van der Waals surface area contributed by atoms with Gasteiger partial charge in [0.2, 0.25) is 0 Å². The normalized spacial score (nSPS) is 25.8. The SMILES string of the molecule is CC(C)[C@@H]1CC[C@@H](C)/C(=C/C(=O)c2ccccc2)C1. The number of carbonyl (C=O) groups is 1. The molecule has 0 radical (unpaired) electrons. The van der Waals surface area contributed by atoms with Gasteiger partial charge >= 0.3 is 0 Å². The van der Waals surface area contributed by atoms with Crippen LogP contribution < -0.4 is 0 Å². The highest BCUT2D eigenvalue weighted by atomic mass is 16.1. The molecule has 2 rings (SSSR count). The van der Waals surface area contributed by atoms with Crippen molar-refractivity contribution in [3.8, 4) is 0 Å². The van der Waals surface area contributed by atoms with Crippen molar-refractivity contribution in [2.75, 3.05) is 0 Å². The zero-order valence-corrected chi connectivity index (χ0v) is 12.2. The average Bonchev–Trinajstić information content (AvgIpc) is 2.42. The van der Waals surface area contributed by atoms with E-state index in [2.05, 4.69) is 20.8 Å². The summed E-state index contributed by atoms with van der Waals surface area (Å²) in [7, 11) is 0. The van der Waals surface area contributed by atoms with E-state index in [-0.39, 0.29) is 5.78 Å². The van der Waals surface area contributed by atoms with E-state index in [4.69, 9.17) is 0 Å². The first kappa shape index (κ1) is 14.0. The lowest BCUT2D eigenvalue weighted by atomic mass is 9.74. The summed E-state index contributed by atoms with van der Waals surface area (Å²) in [4.78, 5) is 12.3. The minimum atomic E-state index is 0.159. The lowest BCUT2D eigenvalue weighted by Crippen LogP contribution is -2.20. The van der Waals surface area contributed by atoms with Crippen molar-refractivity contribution in [3.05, 3.63) is 47.5 Å². The first-order valence-corrected chi connectivity index (χ1v) is 7.37. The molecule has 0 bridgehead atoms. The van der Waals surface area contributed by atoms with E-state index in [1.807, 2.05) is 36.4 Å². The summed E-state index contributed by atoms with van der Waals surface area (Å²) in [5, 5.41) is 0. The first-order valence-electron chi connectivity index (χ1n) is 7.37. The minimum absolute atomic E-state index is 0.159. The number of hydrogen-bond acceptors (Lipinski definition) is 1. The second-order valence-electron chi connectivity index (χ2n) is 6.14. The van der Waals surface area contributed by atoms with Gasteiger partial charge in [0.25, 0.3) is 0 Å². The summed E-state index contributed by atoms with van der Waals surface area (Å²) >= 11 is 0. The van der Waals surface area contributed by atoms with Crippen molar-refractivity contribution in [2.45, 2.75) is 40.0 Å². The summed E-state index contributed by atoms with van der Waals surface area (Å²) in [6.45, 7) is 6.83. The third kappa shape index (κ3) is 3.56. The van der Waals surface area contributed by atoms with E-state index in [0.717, 1.165) is 17.9 Å². The predicted molar refractivity (Wildman–Crippen MR) is 80.2 cm³/mol. The van der Waals surface area contributed by atoms with Gasteiger partial charge < -0.3 is 0 Å². The monoisotopic (exact) mass is 256 g/mol. The fourth-order valence-corrected chi connectivity index (χ4v) is 2.88. The molecule has 1 aromatic rings. The Morgan fingerprint density at radius 3 is 2.53 bits per heavy atom. The van der Waals surface area contributed by atoms with E-state index in [0.29, 0.717) is 11.8 Å². The zero-order chi connectivity index (χ0) is 13.8. The molecule has 1 nitrogen and oxygen atoms in total. The Morgan fingerprint density at radius 1 is 1.21 bits per heavy atom. The maximum atomic E-state index is 12.3. The molecule has 1 fully saturated rings. The van der Waals surface area contributed by atoms with Crippen LogP contribution in [0.15, 0.2) is 42.0 Å². The molecule has 1 aromatic carbocycles. The van der Waals surface area contributed by atoms with Crippen LogP contribution in [0.1, 0.15) is 50.4 Å². The number of ketones is 1. The molecule has 0 heterocycles. The number of hydrogen-bond donors (Lipinski definition) is 0. The van der Waals surface area contributed by atoms with E-state index in [1.165, 1.54) is 18.4 Å². The molecule has 0 aromatic heterocycles. The molecule has 1 heteroatoms. The number of allylic oxidation sites excluding steroid dienone is 2. The van der Waals surface area contributed by atoms with Crippen LogP contribution in [-0.2, 0) is 0 Å². The van der Waals surface area contributed by atoms with Crippen LogP contribution in [0.3, 0.4) is 0 Å². The van der Waals surface area contributed by atoms with Gasteiger partial charge in [-0.1, -0.05) is 56.7 Å². The number of benzene rings is 1. The number of rotatable bonds is 3. The molecular formula is C18H24O. The Morgan fingerprint density at radius 2 is 1.89 bits per heavy atom. The quantitative estimate of drug-likeness (QED) is 0.556. The van der Waals surface area contributed by atoms with Crippen LogP contribution in [0, 0.1) is 17.8 Å². The third-order valence-electron chi connectivity index (χ3n) is 4.42. The zero-order valence-electron chi connectivity index (χ0n) is 12.2. The van der Waals surface area contributed by atoms with Crippen molar-refractivity contribution >= 4 is 5.78 Å². The van der Waals surface area contributed by atoms with Gasteiger partial charge in [-0.3, -0.25) is 4.79 Å². The second kappa shape index (κ2) is 6.18. The smallest absolute Gasteiger partial charge is 0.185 e. The van der Waals surface area contributed by atoms with Gasteiger partial charge in [-0.15, -0.1) is 0 Å². The van der Waals surface area contributed by atoms with Crippen molar-refractivity contribution < 1.29 is 4.79 Å². The summed E-state index contributed by atoms with van der Waals surface area (Å²) in [5.41, 5.74) is 2.15. The summed E-state index contributed by atoms with van der Waals surface area (Å²) in [6.07, 6.45) is 5.51. The molecule has 0 aliphatic heterocycles. The van der Waals surface area contributed by atoms with Crippen molar-refractivity contribution in [3.63, 3.8) is 0 Å². The topological polar surface area (TPSA) is 17.1 Å². The standard InChI is InChI=1S/C18H24O/c1-13(2)16-10-9-14(3)17(11-16)12-18(19)15-7-5-4-6-8-15/h4-8,12-14,16H,9-11H2,1-3H3/b17-12+/t14-,16-/m1/s1. The Kier molecular flexibility index (Phi) is 4.57. The van der Waals surface area contributed by atoms with Crippen molar-refractivity contribution in [1.29, 1.82) is 0 Å². The summed E-state index contributed by atoms with van der Waals surface area (Å²) in [5.74, 6) is 2.17.